The molecule has 3 aromatic rings. The van der Waals surface area contributed by atoms with Crippen molar-refractivity contribution in [2.24, 2.45) is 18.9 Å². The number of hydrogen-bond acceptors (Lipinski definition) is 6. The summed E-state index contributed by atoms with van der Waals surface area (Å²) >= 11 is 1.25. The molecule has 10 heteroatoms. The molecule has 0 bridgehead atoms. The maximum Gasteiger partial charge on any atom is 0.422 e. The minimum absolute atomic E-state index is 0.128. The van der Waals surface area contributed by atoms with E-state index in [2.05, 4.69) is 15.0 Å². The maximum absolute atomic E-state index is 13.0. The number of benzene rings is 1. The number of fused-ring (bicyclic) bond motifs is 2. The third-order valence-corrected chi connectivity index (χ3v) is 8.75. The molecule has 0 saturated heterocycles. The van der Waals surface area contributed by atoms with Crippen molar-refractivity contribution in [2.75, 3.05) is 26.2 Å². The van der Waals surface area contributed by atoms with Gasteiger partial charge in [0.1, 0.15) is 5.52 Å². The summed E-state index contributed by atoms with van der Waals surface area (Å²) in [6.45, 7) is 1.51. The summed E-state index contributed by atoms with van der Waals surface area (Å²) in [5, 5.41) is 5.62. The Kier molecular flexibility index (Phi) is 7.85. The molecule has 1 fully saturated rings. The summed E-state index contributed by atoms with van der Waals surface area (Å²) in [4.78, 5) is 20.8. The second kappa shape index (κ2) is 11.1. The van der Waals surface area contributed by atoms with Crippen molar-refractivity contribution in [1.82, 2.24) is 19.7 Å². The minimum Gasteiger partial charge on any atom is -0.460 e. The van der Waals surface area contributed by atoms with Gasteiger partial charge in [0, 0.05) is 55.0 Å². The van der Waals surface area contributed by atoms with Crippen LogP contribution in [0.4, 0.5) is 13.2 Å². The number of aromatic nitrogens is 3. The Bertz CT molecular complexity index is 1200. The monoisotopic (exact) mass is 534 g/mol. The third kappa shape index (κ3) is 6.71. The van der Waals surface area contributed by atoms with E-state index < -0.39 is 12.8 Å². The van der Waals surface area contributed by atoms with Gasteiger partial charge in [0.2, 0.25) is 0 Å². The molecule has 3 heterocycles. The van der Waals surface area contributed by atoms with E-state index in [4.69, 9.17) is 4.74 Å². The fraction of sp³-hybridized carbons (Fsp3) is 0.593. The van der Waals surface area contributed by atoms with Crippen LogP contribution in [-0.2, 0) is 19.9 Å². The van der Waals surface area contributed by atoms with Crippen molar-refractivity contribution in [3.8, 4) is 5.19 Å². The summed E-state index contributed by atoms with van der Waals surface area (Å²) in [7, 11) is 1.88. The quantitative estimate of drug-likeness (QED) is 0.340. The maximum atomic E-state index is 13.0. The van der Waals surface area contributed by atoms with E-state index >= 15 is 0 Å². The normalized spacial score (nSPS) is 21.1. The highest BCUT2D eigenvalue weighted by Crippen LogP contribution is 2.35. The molecule has 6 nitrogen and oxygen atoms in total. The van der Waals surface area contributed by atoms with Gasteiger partial charge in [0.05, 0.1) is 5.69 Å². The van der Waals surface area contributed by atoms with E-state index in [9.17, 15) is 18.0 Å². The van der Waals surface area contributed by atoms with Gasteiger partial charge in [0.15, 0.2) is 12.4 Å². The number of halogens is 3. The van der Waals surface area contributed by atoms with Crippen molar-refractivity contribution in [2.45, 2.75) is 57.5 Å². The molecule has 0 atom stereocenters. The lowest BCUT2D eigenvalue weighted by Gasteiger charge is -2.30. The Morgan fingerprint density at radius 3 is 2.68 bits per heavy atom. The van der Waals surface area contributed by atoms with Crippen LogP contribution in [0.25, 0.3) is 10.9 Å². The fourth-order valence-corrected chi connectivity index (χ4v) is 6.61. The van der Waals surface area contributed by atoms with Crippen molar-refractivity contribution < 1.29 is 22.7 Å². The summed E-state index contributed by atoms with van der Waals surface area (Å²) in [5.74, 6) is 1.32. The highest BCUT2D eigenvalue weighted by molar-refractivity contribution is 7.13. The predicted molar refractivity (Wildman–Crippen MR) is 137 cm³/mol. The van der Waals surface area contributed by atoms with Crippen molar-refractivity contribution in [1.29, 1.82) is 0 Å². The van der Waals surface area contributed by atoms with Gasteiger partial charge in [0.25, 0.3) is 5.19 Å². The van der Waals surface area contributed by atoms with Crippen molar-refractivity contribution in [3.63, 3.8) is 0 Å². The van der Waals surface area contributed by atoms with Crippen molar-refractivity contribution in [3.05, 3.63) is 40.5 Å². The molecule has 5 rings (SSSR count). The first-order valence-corrected chi connectivity index (χ1v) is 13.9. The molecule has 1 aromatic carbocycles. The van der Waals surface area contributed by atoms with E-state index in [1.807, 2.05) is 31.4 Å². The Morgan fingerprint density at radius 2 is 1.89 bits per heavy atom. The number of carbonyl (C=O) groups is 1. The largest absolute Gasteiger partial charge is 0.460 e. The average Bonchev–Trinajstić information content (AvgIpc) is 3.39. The average molecular weight is 535 g/mol. The van der Waals surface area contributed by atoms with Gasteiger partial charge in [-0.15, -0.1) is 0 Å². The lowest BCUT2D eigenvalue weighted by atomic mass is 9.78. The number of aryl methyl sites for hydroxylation is 1. The van der Waals surface area contributed by atoms with Crippen LogP contribution in [0.5, 0.6) is 5.19 Å². The van der Waals surface area contributed by atoms with E-state index in [0.717, 1.165) is 91.6 Å². The summed E-state index contributed by atoms with van der Waals surface area (Å²) in [5.41, 5.74) is 2.43. The lowest BCUT2D eigenvalue weighted by Crippen LogP contribution is -2.30. The first kappa shape index (κ1) is 26.2. The molecule has 0 spiro atoms. The number of nitrogens with zero attached hydrogens (tertiary/aromatic N) is 4. The van der Waals surface area contributed by atoms with E-state index in [0.29, 0.717) is 18.3 Å². The highest BCUT2D eigenvalue weighted by Gasteiger charge is 2.30. The standard InChI is InChI=1S/C27H33F3N4O2S/c1-33-16-20-3-2-4-21(25(20)32-33)23(35)15-19-7-5-18(6-8-19)9-12-34-13-10-22-24(11-14-34)37-26(31-22)36-17-27(28,29)30/h2-4,16,18-19H,5-15,17H2,1H3. The number of ether oxygens (including phenoxy) is 1. The number of thiazole rings is 1. The smallest absolute Gasteiger partial charge is 0.422 e. The lowest BCUT2D eigenvalue weighted by molar-refractivity contribution is -0.153. The second-order valence-corrected chi connectivity index (χ2v) is 11.5. The van der Waals surface area contributed by atoms with Gasteiger partial charge in [-0.1, -0.05) is 36.3 Å². The number of rotatable bonds is 8. The molecule has 0 radical (unpaired) electrons. The van der Waals surface area contributed by atoms with E-state index in [1.165, 1.54) is 11.3 Å². The molecular weight excluding hydrogens is 501 g/mol. The zero-order valence-electron chi connectivity index (χ0n) is 21.1. The Labute approximate surface area is 218 Å². The van der Waals surface area contributed by atoms with Gasteiger partial charge in [-0.3, -0.25) is 9.48 Å². The third-order valence-electron chi connectivity index (χ3n) is 7.68. The van der Waals surface area contributed by atoms with Gasteiger partial charge in [-0.2, -0.15) is 18.3 Å². The van der Waals surface area contributed by atoms with Gasteiger partial charge in [-0.05, 0) is 50.1 Å². The predicted octanol–water partition coefficient (Wildman–Crippen LogP) is 5.84. The highest BCUT2D eigenvalue weighted by atomic mass is 32.1. The molecule has 0 unspecified atom stereocenters. The van der Waals surface area contributed by atoms with Crippen LogP contribution in [0.2, 0.25) is 0 Å². The number of hydrogen-bond donors (Lipinski definition) is 0. The van der Waals surface area contributed by atoms with Crippen molar-refractivity contribution >= 4 is 28.0 Å². The summed E-state index contributed by atoms with van der Waals surface area (Å²) in [6.07, 6.45) is 5.41. The number of carbonyl (C=O) groups excluding carboxylic acids is 1. The molecule has 0 amide bonds. The van der Waals surface area contributed by atoms with E-state index in [1.54, 1.807) is 4.68 Å². The molecule has 200 valence electrons. The number of Topliss-reactive ketones (excluding diaryl/α,β-unsaturated/α-hetero) is 1. The zero-order valence-corrected chi connectivity index (χ0v) is 21.9. The fourth-order valence-electron chi connectivity index (χ4n) is 5.67. The Hall–Kier alpha value is -2.46. The van der Waals surface area contributed by atoms with Crippen LogP contribution in [0.15, 0.2) is 24.4 Å². The van der Waals surface area contributed by atoms with Crippen LogP contribution in [0, 0.1) is 11.8 Å². The topological polar surface area (TPSA) is 60.2 Å². The SMILES string of the molecule is Cn1cc2cccc(C(=O)CC3CCC(CCN4CCc5nc(OCC(F)(F)F)sc5CC4)CC3)c2n1. The van der Waals surface area contributed by atoms with Crippen LogP contribution < -0.4 is 4.74 Å². The van der Waals surface area contributed by atoms with Crippen LogP contribution in [0.3, 0.4) is 0 Å². The molecule has 2 aromatic heterocycles. The molecule has 0 N–H and O–H groups in total. The molecule has 1 aliphatic heterocycles. The number of ketones is 1. The van der Waals surface area contributed by atoms with Crippen LogP contribution >= 0.6 is 11.3 Å². The summed E-state index contributed by atoms with van der Waals surface area (Å²) in [6, 6.07) is 5.83. The second-order valence-electron chi connectivity index (χ2n) is 10.4. The van der Waals surface area contributed by atoms with Gasteiger partial charge in [-0.25, -0.2) is 4.98 Å². The first-order chi connectivity index (χ1) is 17.7. The van der Waals surface area contributed by atoms with Crippen LogP contribution in [0.1, 0.15) is 59.5 Å². The summed E-state index contributed by atoms with van der Waals surface area (Å²) < 4.78 is 43.8. The molecule has 2 aliphatic rings. The van der Waals surface area contributed by atoms with Gasteiger partial charge >= 0.3 is 6.18 Å². The molecule has 1 saturated carbocycles. The van der Waals surface area contributed by atoms with Gasteiger partial charge < -0.3 is 9.64 Å². The minimum atomic E-state index is -4.34. The van der Waals surface area contributed by atoms with E-state index in [-0.39, 0.29) is 11.0 Å². The molecular formula is C27H33F3N4O2S. The number of alkyl halides is 3. The van der Waals surface area contributed by atoms with Crippen LogP contribution in [-0.4, -0.2) is 57.9 Å². The zero-order chi connectivity index (χ0) is 26.0. The Morgan fingerprint density at radius 1 is 1.14 bits per heavy atom. The Balaban J connectivity index is 1.04. The first-order valence-electron chi connectivity index (χ1n) is 13.1. The molecule has 37 heavy (non-hydrogen) atoms. The molecule has 1 aliphatic carbocycles.